The lowest BCUT2D eigenvalue weighted by atomic mass is 9.91. The summed E-state index contributed by atoms with van der Waals surface area (Å²) in [7, 11) is 0. The van der Waals surface area contributed by atoms with E-state index in [9.17, 15) is 0 Å². The maximum absolute atomic E-state index is 2.40. The predicted molar refractivity (Wildman–Crippen MR) is 247 cm³/mol. The van der Waals surface area contributed by atoms with E-state index in [0.29, 0.717) is 0 Å². The third kappa shape index (κ3) is 5.74. The van der Waals surface area contributed by atoms with Crippen molar-refractivity contribution in [2.45, 2.75) is 0 Å². The summed E-state index contributed by atoms with van der Waals surface area (Å²) >= 11 is 0. The number of para-hydroxylation sites is 2. The number of benzene rings is 10. The Bertz CT molecular complexity index is 3220. The van der Waals surface area contributed by atoms with Crippen LogP contribution in [0.4, 0.5) is 17.1 Å². The van der Waals surface area contributed by atoms with Crippen molar-refractivity contribution in [3.63, 3.8) is 0 Å². The maximum Gasteiger partial charge on any atom is 0.0541 e. The molecule has 2 heteroatoms. The number of hydrogen-bond acceptors (Lipinski definition) is 1. The standard InChI is InChI=1S/C56H38N2/c1-2-15-40(16-3-1)50-29-12-19-42-20-13-30-51(56(42)50)43-21-10-22-45(37-43)57(44-35-33-41(34-36-44)49-28-11-18-39-17-4-5-25-48(39)49)46-23-14-24-47(38-46)58-54-31-8-6-26-52(54)53-27-7-9-32-55(53)58/h1-38H. The summed E-state index contributed by atoms with van der Waals surface area (Å²) in [6.07, 6.45) is 0. The Morgan fingerprint density at radius 3 is 1.52 bits per heavy atom. The number of aromatic nitrogens is 1. The first-order valence-corrected chi connectivity index (χ1v) is 19.9. The highest BCUT2D eigenvalue weighted by Gasteiger charge is 2.18. The van der Waals surface area contributed by atoms with Gasteiger partial charge in [0.15, 0.2) is 0 Å². The van der Waals surface area contributed by atoms with Crippen LogP contribution in [-0.4, -0.2) is 4.57 Å². The molecule has 0 fully saturated rings. The molecule has 0 atom stereocenters. The van der Waals surface area contributed by atoms with E-state index in [-0.39, 0.29) is 0 Å². The number of anilines is 3. The van der Waals surface area contributed by atoms with E-state index in [4.69, 9.17) is 0 Å². The zero-order valence-corrected chi connectivity index (χ0v) is 31.8. The molecule has 0 bridgehead atoms. The first kappa shape index (κ1) is 33.6. The Labute approximate surface area is 338 Å². The average molecular weight is 739 g/mol. The van der Waals surface area contributed by atoms with E-state index in [1.54, 1.807) is 0 Å². The fraction of sp³-hybridized carbons (Fsp3) is 0. The van der Waals surface area contributed by atoms with Gasteiger partial charge in [0, 0.05) is 33.5 Å². The van der Waals surface area contributed by atoms with Crippen LogP contribution in [-0.2, 0) is 0 Å². The fourth-order valence-electron chi connectivity index (χ4n) is 8.94. The van der Waals surface area contributed by atoms with Crippen molar-refractivity contribution >= 4 is 60.4 Å². The molecule has 2 nitrogen and oxygen atoms in total. The molecule has 0 aliphatic carbocycles. The number of nitrogens with zero attached hydrogens (tertiary/aromatic N) is 2. The molecule has 0 unspecified atom stereocenters. The molecule has 0 radical (unpaired) electrons. The van der Waals surface area contributed by atoms with Crippen molar-refractivity contribution in [1.82, 2.24) is 4.57 Å². The van der Waals surface area contributed by atoms with Gasteiger partial charge in [-0.05, 0) is 110 Å². The van der Waals surface area contributed by atoms with Gasteiger partial charge in [0.1, 0.15) is 0 Å². The minimum absolute atomic E-state index is 1.08. The molecule has 1 aromatic heterocycles. The van der Waals surface area contributed by atoms with Gasteiger partial charge in [0.05, 0.1) is 11.0 Å². The molecular weight excluding hydrogens is 701 g/mol. The lowest BCUT2D eigenvalue weighted by molar-refractivity contribution is 1.17. The second kappa shape index (κ2) is 14.1. The quantitative estimate of drug-likeness (QED) is 0.158. The molecule has 11 aromatic rings. The molecule has 0 saturated heterocycles. The minimum Gasteiger partial charge on any atom is -0.310 e. The summed E-state index contributed by atoms with van der Waals surface area (Å²) in [6, 6.07) is 83.7. The topological polar surface area (TPSA) is 8.17 Å². The third-order valence-electron chi connectivity index (χ3n) is 11.6. The highest BCUT2D eigenvalue weighted by Crippen LogP contribution is 2.42. The van der Waals surface area contributed by atoms with E-state index in [2.05, 4.69) is 240 Å². The van der Waals surface area contributed by atoms with Gasteiger partial charge in [-0.25, -0.2) is 0 Å². The molecule has 58 heavy (non-hydrogen) atoms. The number of rotatable bonds is 7. The molecule has 0 aliphatic heterocycles. The largest absolute Gasteiger partial charge is 0.310 e. The average Bonchev–Trinajstić information content (AvgIpc) is 3.64. The maximum atomic E-state index is 2.40. The van der Waals surface area contributed by atoms with E-state index < -0.39 is 0 Å². The molecule has 272 valence electrons. The van der Waals surface area contributed by atoms with Gasteiger partial charge in [-0.1, -0.05) is 176 Å². The second-order valence-electron chi connectivity index (χ2n) is 14.9. The van der Waals surface area contributed by atoms with E-state index in [1.807, 2.05) is 0 Å². The summed E-state index contributed by atoms with van der Waals surface area (Å²) in [4.78, 5) is 2.40. The molecule has 10 aromatic carbocycles. The minimum atomic E-state index is 1.08. The Hall–Kier alpha value is -7.68. The molecule has 11 rings (SSSR count). The van der Waals surface area contributed by atoms with Gasteiger partial charge < -0.3 is 9.47 Å². The highest BCUT2D eigenvalue weighted by molar-refractivity contribution is 6.10. The number of fused-ring (bicyclic) bond motifs is 5. The molecule has 0 amide bonds. The van der Waals surface area contributed by atoms with Crippen molar-refractivity contribution in [2.75, 3.05) is 4.90 Å². The van der Waals surface area contributed by atoms with Crippen LogP contribution in [0.2, 0.25) is 0 Å². The first-order chi connectivity index (χ1) is 28.8. The molecule has 0 aliphatic rings. The smallest absolute Gasteiger partial charge is 0.0541 e. The third-order valence-corrected chi connectivity index (χ3v) is 11.6. The Morgan fingerprint density at radius 1 is 0.293 bits per heavy atom. The van der Waals surface area contributed by atoms with Crippen molar-refractivity contribution < 1.29 is 0 Å². The lowest BCUT2D eigenvalue weighted by Gasteiger charge is -2.27. The molecule has 0 N–H and O–H groups in total. The fourth-order valence-corrected chi connectivity index (χ4v) is 8.94. The Morgan fingerprint density at radius 2 is 0.793 bits per heavy atom. The monoisotopic (exact) mass is 738 g/mol. The summed E-state index contributed by atoms with van der Waals surface area (Å²) in [5.41, 5.74) is 14.0. The van der Waals surface area contributed by atoms with Crippen molar-refractivity contribution in [2.24, 2.45) is 0 Å². The van der Waals surface area contributed by atoms with Gasteiger partial charge in [0.25, 0.3) is 0 Å². The normalized spacial score (nSPS) is 11.4. The van der Waals surface area contributed by atoms with Gasteiger partial charge in [-0.2, -0.15) is 0 Å². The van der Waals surface area contributed by atoms with Gasteiger partial charge in [-0.3, -0.25) is 0 Å². The lowest BCUT2D eigenvalue weighted by Crippen LogP contribution is -2.10. The van der Waals surface area contributed by atoms with E-state index in [0.717, 1.165) is 22.7 Å². The molecular formula is C56H38N2. The van der Waals surface area contributed by atoms with E-state index >= 15 is 0 Å². The van der Waals surface area contributed by atoms with Gasteiger partial charge in [-0.15, -0.1) is 0 Å². The highest BCUT2D eigenvalue weighted by atomic mass is 15.1. The number of hydrogen-bond donors (Lipinski definition) is 0. The van der Waals surface area contributed by atoms with Crippen molar-refractivity contribution in [3.05, 3.63) is 231 Å². The van der Waals surface area contributed by atoms with Gasteiger partial charge >= 0.3 is 0 Å². The molecule has 0 saturated carbocycles. The van der Waals surface area contributed by atoms with Crippen LogP contribution >= 0.6 is 0 Å². The summed E-state index contributed by atoms with van der Waals surface area (Å²) in [5, 5.41) is 7.49. The van der Waals surface area contributed by atoms with Crippen molar-refractivity contribution in [1.29, 1.82) is 0 Å². The Balaban J connectivity index is 1.09. The van der Waals surface area contributed by atoms with Crippen LogP contribution in [0.5, 0.6) is 0 Å². The summed E-state index contributed by atoms with van der Waals surface area (Å²) in [6.45, 7) is 0. The van der Waals surface area contributed by atoms with Crippen LogP contribution in [0.1, 0.15) is 0 Å². The van der Waals surface area contributed by atoms with E-state index in [1.165, 1.54) is 76.7 Å². The molecule has 0 spiro atoms. The predicted octanol–water partition coefficient (Wildman–Crippen LogP) is 15.6. The van der Waals surface area contributed by atoms with Crippen LogP contribution in [0.3, 0.4) is 0 Å². The summed E-state index contributed by atoms with van der Waals surface area (Å²) in [5.74, 6) is 0. The molecule has 1 heterocycles. The second-order valence-corrected chi connectivity index (χ2v) is 14.9. The Kier molecular flexibility index (Phi) is 8.19. The van der Waals surface area contributed by atoms with Crippen LogP contribution in [0.15, 0.2) is 231 Å². The van der Waals surface area contributed by atoms with Gasteiger partial charge in [0.2, 0.25) is 0 Å². The van der Waals surface area contributed by atoms with Crippen LogP contribution in [0, 0.1) is 0 Å². The first-order valence-electron chi connectivity index (χ1n) is 19.9. The zero-order chi connectivity index (χ0) is 38.4. The van der Waals surface area contributed by atoms with Crippen molar-refractivity contribution in [3.8, 4) is 39.1 Å². The summed E-state index contributed by atoms with van der Waals surface area (Å²) < 4.78 is 2.40. The SMILES string of the molecule is c1ccc(-c2cccc3cccc(-c4cccc(N(c5ccc(-c6cccc7ccccc67)cc5)c5cccc(-n6c7ccccc7c7ccccc76)c5)c4)c23)cc1. The zero-order valence-electron chi connectivity index (χ0n) is 31.8. The van der Waals surface area contributed by atoms with Crippen LogP contribution in [0.25, 0.3) is 82.4 Å². The van der Waals surface area contributed by atoms with Crippen LogP contribution < -0.4 is 4.90 Å².